The summed E-state index contributed by atoms with van der Waals surface area (Å²) in [5, 5.41) is 0. The van der Waals surface area contributed by atoms with E-state index in [9.17, 15) is 4.39 Å². The van der Waals surface area contributed by atoms with Crippen LogP contribution in [0.15, 0.2) is 12.1 Å². The van der Waals surface area contributed by atoms with Crippen molar-refractivity contribution in [3.05, 3.63) is 29.1 Å². The maximum Gasteiger partial charge on any atom is 0.128 e. The van der Waals surface area contributed by atoms with Crippen LogP contribution in [0.3, 0.4) is 0 Å². The molecule has 0 atom stereocenters. The van der Waals surface area contributed by atoms with Crippen LogP contribution in [-0.2, 0) is 11.4 Å². The van der Waals surface area contributed by atoms with E-state index in [1.165, 1.54) is 13.2 Å². The lowest BCUT2D eigenvalue weighted by Gasteiger charge is -2.11. The Kier molecular flexibility index (Phi) is 3.85. The number of nitrogens with one attached hydrogen (secondary N) is 1. The number of halogens is 1. The van der Waals surface area contributed by atoms with Crippen LogP contribution in [0, 0.1) is 12.7 Å². The maximum atomic E-state index is 13.3. The summed E-state index contributed by atoms with van der Waals surface area (Å²) < 4.78 is 18.4. The van der Waals surface area contributed by atoms with Crippen LogP contribution in [0.25, 0.3) is 0 Å². The summed E-state index contributed by atoms with van der Waals surface area (Å²) in [6, 6.07) is 3.00. The molecule has 78 valence electrons. The molecule has 1 aromatic rings. The molecule has 4 heteroatoms. The molecule has 14 heavy (non-hydrogen) atoms. The Labute approximate surface area is 82.8 Å². The van der Waals surface area contributed by atoms with E-state index in [0.717, 1.165) is 5.56 Å². The summed E-state index contributed by atoms with van der Waals surface area (Å²) in [5.74, 6) is 0.423. The Morgan fingerprint density at radius 3 is 2.64 bits per heavy atom. The van der Waals surface area contributed by atoms with Gasteiger partial charge in [0.1, 0.15) is 11.6 Å². The van der Waals surface area contributed by atoms with Gasteiger partial charge in [-0.05, 0) is 24.6 Å². The molecule has 1 rings (SSSR count). The van der Waals surface area contributed by atoms with Crippen LogP contribution in [0.1, 0.15) is 11.1 Å². The summed E-state index contributed by atoms with van der Waals surface area (Å²) in [5.41, 5.74) is 3.95. The molecule has 0 spiro atoms. The lowest BCUT2D eigenvalue weighted by atomic mass is 10.1. The molecule has 0 aromatic heterocycles. The molecule has 0 aliphatic rings. The Bertz CT molecular complexity index is 315. The number of hydrogen-bond acceptors (Lipinski definition) is 3. The number of methoxy groups -OCH3 is 1. The number of benzene rings is 1. The first-order valence-electron chi connectivity index (χ1n) is 4.28. The Morgan fingerprint density at radius 2 is 2.07 bits per heavy atom. The van der Waals surface area contributed by atoms with E-state index in [1.807, 2.05) is 6.92 Å². The van der Waals surface area contributed by atoms with E-state index in [2.05, 4.69) is 10.3 Å². The van der Waals surface area contributed by atoms with Crippen molar-refractivity contribution in [2.24, 2.45) is 0 Å². The highest BCUT2D eigenvalue weighted by molar-refractivity contribution is 5.39. The molecule has 0 unspecified atom stereocenters. The monoisotopic (exact) mass is 199 g/mol. The quantitative estimate of drug-likeness (QED) is 0.750. The van der Waals surface area contributed by atoms with Gasteiger partial charge in [-0.3, -0.25) is 0 Å². The topological polar surface area (TPSA) is 30.5 Å². The predicted octanol–water partition coefficient (Wildman–Crippen LogP) is 1.79. The minimum absolute atomic E-state index is 0.257. The second kappa shape index (κ2) is 4.93. The van der Waals surface area contributed by atoms with Crippen molar-refractivity contribution >= 4 is 0 Å². The zero-order chi connectivity index (χ0) is 10.6. The van der Waals surface area contributed by atoms with E-state index in [4.69, 9.17) is 4.74 Å². The van der Waals surface area contributed by atoms with Gasteiger partial charge in [-0.2, -0.15) is 5.48 Å². The zero-order valence-electron chi connectivity index (χ0n) is 8.56. The molecule has 0 aliphatic heterocycles. The van der Waals surface area contributed by atoms with Crippen molar-refractivity contribution in [1.29, 1.82) is 0 Å². The molecule has 0 bridgehead atoms. The Balaban J connectivity index is 2.99. The van der Waals surface area contributed by atoms with Crippen molar-refractivity contribution in [1.82, 2.24) is 5.48 Å². The van der Waals surface area contributed by atoms with Crippen molar-refractivity contribution in [2.45, 2.75) is 13.5 Å². The van der Waals surface area contributed by atoms with Crippen LogP contribution < -0.4 is 10.2 Å². The van der Waals surface area contributed by atoms with Crippen LogP contribution in [0.2, 0.25) is 0 Å². The highest BCUT2D eigenvalue weighted by Gasteiger charge is 2.09. The summed E-state index contributed by atoms with van der Waals surface area (Å²) >= 11 is 0. The van der Waals surface area contributed by atoms with Gasteiger partial charge in [-0.1, -0.05) is 0 Å². The van der Waals surface area contributed by atoms with E-state index in [1.54, 1.807) is 13.2 Å². The molecule has 0 saturated carbocycles. The van der Waals surface area contributed by atoms with Crippen LogP contribution in [-0.4, -0.2) is 14.2 Å². The van der Waals surface area contributed by atoms with E-state index >= 15 is 0 Å². The van der Waals surface area contributed by atoms with Gasteiger partial charge in [0.2, 0.25) is 0 Å². The summed E-state index contributed by atoms with van der Waals surface area (Å²) in [7, 11) is 3.06. The summed E-state index contributed by atoms with van der Waals surface area (Å²) in [6.07, 6.45) is 0. The SMILES string of the molecule is CONCc1c(F)ccc(OC)c1C. The average Bonchev–Trinajstić information content (AvgIpc) is 2.18. The van der Waals surface area contributed by atoms with Gasteiger partial charge < -0.3 is 9.57 Å². The number of rotatable bonds is 4. The maximum absolute atomic E-state index is 13.3. The van der Waals surface area contributed by atoms with Gasteiger partial charge in [-0.15, -0.1) is 0 Å². The van der Waals surface area contributed by atoms with Crippen LogP contribution in [0.4, 0.5) is 4.39 Å². The number of ether oxygens (including phenoxy) is 1. The number of hydrogen-bond donors (Lipinski definition) is 1. The largest absolute Gasteiger partial charge is 0.496 e. The summed E-state index contributed by atoms with van der Waals surface area (Å²) in [4.78, 5) is 4.67. The van der Waals surface area contributed by atoms with Gasteiger partial charge in [0.05, 0.1) is 14.2 Å². The van der Waals surface area contributed by atoms with Crippen molar-refractivity contribution in [3.63, 3.8) is 0 Å². The van der Waals surface area contributed by atoms with Gasteiger partial charge >= 0.3 is 0 Å². The third kappa shape index (κ3) is 2.21. The first kappa shape index (κ1) is 10.9. The minimum atomic E-state index is -0.257. The van der Waals surface area contributed by atoms with E-state index < -0.39 is 0 Å². The van der Waals surface area contributed by atoms with Crippen molar-refractivity contribution < 1.29 is 14.0 Å². The number of hydroxylamine groups is 1. The molecule has 0 fully saturated rings. The first-order valence-corrected chi connectivity index (χ1v) is 4.28. The highest BCUT2D eigenvalue weighted by atomic mass is 19.1. The second-order valence-electron chi connectivity index (χ2n) is 2.88. The van der Waals surface area contributed by atoms with Crippen molar-refractivity contribution in [3.8, 4) is 5.75 Å². The molecule has 0 aliphatic carbocycles. The molecule has 0 radical (unpaired) electrons. The predicted molar refractivity (Wildman–Crippen MR) is 51.5 cm³/mol. The molecule has 0 heterocycles. The average molecular weight is 199 g/mol. The lowest BCUT2D eigenvalue weighted by molar-refractivity contribution is 0.0857. The van der Waals surface area contributed by atoms with Gasteiger partial charge in [0, 0.05) is 12.1 Å². The molecular weight excluding hydrogens is 185 g/mol. The standard InChI is InChI=1S/C10H14FNO2/c1-7-8(6-12-14-3)9(11)4-5-10(7)13-2/h4-5,12H,6H2,1-3H3. The summed E-state index contributed by atoms with van der Waals surface area (Å²) in [6.45, 7) is 2.14. The third-order valence-electron chi connectivity index (χ3n) is 2.10. The molecule has 0 saturated heterocycles. The second-order valence-corrected chi connectivity index (χ2v) is 2.88. The van der Waals surface area contributed by atoms with Crippen molar-refractivity contribution in [2.75, 3.05) is 14.2 Å². The smallest absolute Gasteiger partial charge is 0.128 e. The molecular formula is C10H14FNO2. The molecule has 1 aromatic carbocycles. The third-order valence-corrected chi connectivity index (χ3v) is 2.10. The van der Waals surface area contributed by atoms with Gasteiger partial charge in [-0.25, -0.2) is 4.39 Å². The Morgan fingerprint density at radius 1 is 1.36 bits per heavy atom. The minimum Gasteiger partial charge on any atom is -0.496 e. The fourth-order valence-electron chi connectivity index (χ4n) is 1.28. The first-order chi connectivity index (χ1) is 6.70. The Hall–Kier alpha value is -1.13. The lowest BCUT2D eigenvalue weighted by Crippen LogP contribution is -2.13. The fraction of sp³-hybridized carbons (Fsp3) is 0.400. The zero-order valence-corrected chi connectivity index (χ0v) is 8.56. The fourth-order valence-corrected chi connectivity index (χ4v) is 1.28. The van der Waals surface area contributed by atoms with Gasteiger partial charge in [0.15, 0.2) is 0 Å². The molecule has 0 amide bonds. The highest BCUT2D eigenvalue weighted by Crippen LogP contribution is 2.23. The van der Waals surface area contributed by atoms with Crippen LogP contribution in [0.5, 0.6) is 5.75 Å². The molecule has 3 nitrogen and oxygen atoms in total. The van der Waals surface area contributed by atoms with Gasteiger partial charge in [0.25, 0.3) is 0 Å². The normalized spacial score (nSPS) is 10.3. The van der Waals surface area contributed by atoms with Crippen LogP contribution >= 0.6 is 0 Å². The molecule has 1 N–H and O–H groups in total. The van der Waals surface area contributed by atoms with E-state index in [-0.39, 0.29) is 5.82 Å². The van der Waals surface area contributed by atoms with E-state index in [0.29, 0.717) is 17.9 Å².